The van der Waals surface area contributed by atoms with Crippen molar-refractivity contribution in [2.75, 3.05) is 0 Å². The number of nitrogen functional groups attached to an aromatic ring is 1. The number of hydrogen-bond acceptors (Lipinski definition) is 3. The average Bonchev–Trinajstić information content (AvgIpc) is 2.19. The summed E-state index contributed by atoms with van der Waals surface area (Å²) in [6, 6.07) is 3.17. The predicted octanol–water partition coefficient (Wildman–Crippen LogP) is 1.06. The van der Waals surface area contributed by atoms with Crippen molar-refractivity contribution in [3.05, 3.63) is 30.1 Å². The molecule has 1 aromatic rings. The molecule has 0 radical (unpaired) electrons. The fourth-order valence-electron chi connectivity index (χ4n) is 0.587. The van der Waals surface area contributed by atoms with Crippen LogP contribution < -0.4 is 11.3 Å². The third kappa shape index (κ3) is 5.99. The molecule has 0 unspecified atom stereocenters. The van der Waals surface area contributed by atoms with Crippen LogP contribution in [0.5, 0.6) is 0 Å². The van der Waals surface area contributed by atoms with E-state index in [2.05, 4.69) is 4.98 Å². The first-order valence-electron chi connectivity index (χ1n) is 2.99. The summed E-state index contributed by atoms with van der Waals surface area (Å²) in [6.07, 6.45) is 3.06. The Morgan fingerprint density at radius 3 is 2.31 bits per heavy atom. The second-order valence-corrected chi connectivity index (χ2v) is 5.04. The molecule has 76 valence electrons. The zero-order chi connectivity index (χ0) is 10.1. The molecule has 7 heteroatoms. The van der Waals surface area contributed by atoms with Gasteiger partial charge >= 0.3 is 35.3 Å². The summed E-state index contributed by atoms with van der Waals surface area (Å²) >= 11 is -0.472. The minimum atomic E-state index is -0.472. The maximum absolute atomic E-state index is 10.7. The fraction of sp³-hybridized carbons (Fsp3) is 0. The topological polar surface area (TPSA) is 68.0 Å². The molecule has 0 aliphatic rings. The molecule has 1 aromatic heterocycles. The van der Waals surface area contributed by atoms with Crippen molar-refractivity contribution in [1.29, 1.82) is 0 Å². The van der Waals surface area contributed by atoms with E-state index in [1.165, 1.54) is 12.4 Å². The van der Waals surface area contributed by atoms with Crippen LogP contribution in [0.25, 0.3) is 0 Å². The summed E-state index contributed by atoms with van der Waals surface area (Å²) in [5.74, 6) is 4.58. The van der Waals surface area contributed by atoms with Gasteiger partial charge in [0.15, 0.2) is 0 Å². The van der Waals surface area contributed by atoms with Crippen molar-refractivity contribution in [2.24, 2.45) is 5.84 Å². The third-order valence-electron chi connectivity index (χ3n) is 1.07. The number of amides is 1. The molecule has 4 nitrogen and oxygen atoms in total. The molecule has 0 saturated carbocycles. The van der Waals surface area contributed by atoms with Gasteiger partial charge in [-0.2, -0.15) is 0 Å². The van der Waals surface area contributed by atoms with E-state index in [-0.39, 0.29) is 5.91 Å². The van der Waals surface area contributed by atoms with Crippen LogP contribution in [0.3, 0.4) is 0 Å². The van der Waals surface area contributed by atoms with Crippen LogP contribution in [0.15, 0.2) is 24.5 Å². The Balaban J connectivity index is 0.000000424. The first-order valence-corrected chi connectivity index (χ1v) is 8.62. The van der Waals surface area contributed by atoms with Crippen LogP contribution in [0, 0.1) is 0 Å². The molecule has 0 aliphatic carbocycles. The zero-order valence-electron chi connectivity index (χ0n) is 6.31. The standard InChI is InChI=1S/C6H7N3O.2ClH.Pt/c7-9-6(10)5-1-3-8-4-2-5;;;/h1-4H,7H2,(H,9,10);2*1H;/q;;;+2/p-2. The average molecular weight is 403 g/mol. The molecule has 1 heterocycles. The van der Waals surface area contributed by atoms with Gasteiger partial charge in [-0.1, -0.05) is 0 Å². The summed E-state index contributed by atoms with van der Waals surface area (Å²) < 4.78 is 0. The number of rotatable bonds is 1. The first kappa shape index (κ1) is 12.8. The van der Waals surface area contributed by atoms with E-state index in [1.54, 1.807) is 12.1 Å². The molecule has 0 aliphatic heterocycles. The number of hydrazine groups is 1. The molecule has 0 saturated heterocycles. The number of halogens is 2. The van der Waals surface area contributed by atoms with E-state index >= 15 is 0 Å². The molecule has 1 rings (SSSR count). The summed E-state index contributed by atoms with van der Waals surface area (Å²) in [5, 5.41) is 0. The van der Waals surface area contributed by atoms with Gasteiger partial charge in [-0.05, 0) is 12.1 Å². The normalized spacial score (nSPS) is 8.54. The molecule has 0 bridgehead atoms. The SMILES string of the molecule is NNC(=O)c1ccncc1.[Cl][Pt][Cl]. The van der Waals surface area contributed by atoms with Gasteiger partial charge < -0.3 is 0 Å². The maximum atomic E-state index is 10.7. The van der Waals surface area contributed by atoms with Crippen LogP contribution in [-0.2, 0) is 16.5 Å². The molecule has 0 spiro atoms. The Bertz CT molecular complexity index is 247. The first-order chi connectivity index (χ1) is 6.26. The van der Waals surface area contributed by atoms with Gasteiger partial charge in [0.1, 0.15) is 0 Å². The Morgan fingerprint density at radius 1 is 1.46 bits per heavy atom. The number of carbonyl (C=O) groups excluding carboxylic acids is 1. The van der Waals surface area contributed by atoms with Gasteiger partial charge in [0.25, 0.3) is 5.91 Å². The van der Waals surface area contributed by atoms with Gasteiger partial charge in [0.2, 0.25) is 0 Å². The molecule has 0 fully saturated rings. The van der Waals surface area contributed by atoms with Crippen LogP contribution in [0.4, 0.5) is 0 Å². The number of nitrogens with two attached hydrogens (primary N) is 1. The number of aromatic nitrogens is 1. The van der Waals surface area contributed by atoms with E-state index in [1.807, 2.05) is 5.43 Å². The Hall–Kier alpha value is -0.152. The Kier molecular flexibility index (Phi) is 8.35. The van der Waals surface area contributed by atoms with Crippen LogP contribution in [0.1, 0.15) is 10.4 Å². The summed E-state index contributed by atoms with van der Waals surface area (Å²) in [5.41, 5.74) is 2.53. The van der Waals surface area contributed by atoms with Crippen molar-refractivity contribution in [1.82, 2.24) is 10.4 Å². The van der Waals surface area contributed by atoms with E-state index in [0.717, 1.165) is 0 Å². The van der Waals surface area contributed by atoms with Crippen LogP contribution >= 0.6 is 18.8 Å². The van der Waals surface area contributed by atoms with Gasteiger partial charge in [0, 0.05) is 18.0 Å². The summed E-state index contributed by atoms with van der Waals surface area (Å²) in [4.78, 5) is 14.5. The predicted molar refractivity (Wildman–Crippen MR) is 47.6 cm³/mol. The second-order valence-electron chi connectivity index (χ2n) is 1.75. The van der Waals surface area contributed by atoms with Crippen LogP contribution in [-0.4, -0.2) is 10.9 Å². The zero-order valence-corrected chi connectivity index (χ0v) is 10.1. The number of nitrogens with one attached hydrogen (secondary N) is 1. The molecule has 13 heavy (non-hydrogen) atoms. The molecule has 1 amide bonds. The number of pyridine rings is 1. The number of carbonyl (C=O) groups is 1. The monoisotopic (exact) mass is 402 g/mol. The molecule has 0 aromatic carbocycles. The number of hydrogen-bond donors (Lipinski definition) is 2. The quantitative estimate of drug-likeness (QED) is 0.419. The third-order valence-corrected chi connectivity index (χ3v) is 1.07. The van der Waals surface area contributed by atoms with Crippen molar-refractivity contribution < 1.29 is 21.3 Å². The fourth-order valence-corrected chi connectivity index (χ4v) is 0.587. The van der Waals surface area contributed by atoms with E-state index in [4.69, 9.17) is 24.7 Å². The van der Waals surface area contributed by atoms with Gasteiger partial charge in [0.05, 0.1) is 0 Å². The Morgan fingerprint density at radius 2 is 1.92 bits per heavy atom. The minimum absolute atomic E-state index is 0.303. The molecular formula is C6H7Cl2N3OPt. The summed E-state index contributed by atoms with van der Waals surface area (Å²) in [7, 11) is 9.75. The molecular weight excluding hydrogens is 396 g/mol. The molecule has 3 N–H and O–H groups in total. The Labute approximate surface area is 92.2 Å². The number of nitrogens with zero attached hydrogens (tertiary/aromatic N) is 1. The second kappa shape index (κ2) is 8.45. The van der Waals surface area contributed by atoms with Crippen LogP contribution in [0.2, 0.25) is 0 Å². The van der Waals surface area contributed by atoms with Crippen molar-refractivity contribution >= 4 is 24.7 Å². The molecule has 0 atom stereocenters. The van der Waals surface area contributed by atoms with E-state index in [9.17, 15) is 4.79 Å². The van der Waals surface area contributed by atoms with Crippen molar-refractivity contribution in [3.63, 3.8) is 0 Å². The van der Waals surface area contributed by atoms with Gasteiger partial charge in [-0.15, -0.1) is 0 Å². The summed E-state index contributed by atoms with van der Waals surface area (Å²) in [6.45, 7) is 0. The van der Waals surface area contributed by atoms with Gasteiger partial charge in [-0.25, -0.2) is 5.84 Å². The van der Waals surface area contributed by atoms with E-state index < -0.39 is 16.5 Å². The van der Waals surface area contributed by atoms with E-state index in [0.29, 0.717) is 5.56 Å². The van der Waals surface area contributed by atoms with Crippen molar-refractivity contribution in [3.8, 4) is 0 Å². The van der Waals surface area contributed by atoms with Crippen molar-refractivity contribution in [2.45, 2.75) is 0 Å². The van der Waals surface area contributed by atoms with Gasteiger partial charge in [-0.3, -0.25) is 15.2 Å².